The van der Waals surface area contributed by atoms with E-state index in [-0.39, 0.29) is 23.3 Å². The molecule has 5 rings (SSSR count). The highest BCUT2D eigenvalue weighted by atomic mass is 35.5. The average molecular weight is 509 g/mol. The van der Waals surface area contributed by atoms with Crippen molar-refractivity contribution >= 4 is 34.3 Å². The van der Waals surface area contributed by atoms with Crippen LogP contribution in [0.1, 0.15) is 44.9 Å². The fraction of sp³-hybridized carbons (Fsp3) is 0.680. The Bertz CT molecular complexity index is 999. The number of ether oxygens (including phenoxy) is 2. The molecule has 0 spiro atoms. The first-order chi connectivity index (χ1) is 17.0. The minimum atomic E-state index is -0.494. The highest BCUT2D eigenvalue weighted by Crippen LogP contribution is 2.31. The molecule has 0 atom stereocenters. The van der Waals surface area contributed by atoms with E-state index in [2.05, 4.69) is 20.3 Å². The fourth-order valence-electron chi connectivity index (χ4n) is 5.38. The maximum absolute atomic E-state index is 13.7. The van der Waals surface area contributed by atoms with Crippen LogP contribution < -0.4 is 10.2 Å². The molecule has 1 N–H and O–H groups in total. The Morgan fingerprint density at radius 1 is 1.11 bits per heavy atom. The van der Waals surface area contributed by atoms with Crippen molar-refractivity contribution in [1.29, 1.82) is 0 Å². The number of carbonyl (C=O) groups excluding carboxylic acids is 1. The van der Waals surface area contributed by atoms with Gasteiger partial charge in [-0.1, -0.05) is 16.8 Å². The normalized spacial score (nSPS) is 24.7. The maximum Gasteiger partial charge on any atom is 0.225 e. The topological polar surface area (TPSA) is 80.1 Å². The van der Waals surface area contributed by atoms with Gasteiger partial charge >= 0.3 is 0 Å². The molecule has 1 amide bonds. The Hall–Kier alpha value is -1.94. The summed E-state index contributed by atoms with van der Waals surface area (Å²) in [6.45, 7) is 6.05. The molecule has 192 valence electrons. The molecule has 35 heavy (non-hydrogen) atoms. The first-order valence-corrected chi connectivity index (χ1v) is 13.2. The molecule has 0 bridgehead atoms. The van der Waals surface area contributed by atoms with E-state index in [9.17, 15) is 9.18 Å². The lowest BCUT2D eigenvalue weighted by Gasteiger charge is -2.36. The Balaban J connectivity index is 1.00. The standard InChI is InChI=1S/C25H34ClFN4O4/c26-20-14-19-22(15-21(20)27)35-29-25(19)31-10-8-30(9-11-31)7-6-17-2-4-18(5-3-17)28-23(32)16-24-33-12-1-13-34-24/h14-15,17-18,24H,1-13,16H2,(H,28,32)/t17-,18-. The van der Waals surface area contributed by atoms with Gasteiger partial charge in [0.15, 0.2) is 17.7 Å². The molecule has 3 heterocycles. The van der Waals surface area contributed by atoms with Crippen molar-refractivity contribution < 1.29 is 23.2 Å². The van der Waals surface area contributed by atoms with Crippen LogP contribution in [0.5, 0.6) is 0 Å². The third-order valence-corrected chi connectivity index (χ3v) is 7.77. The minimum Gasteiger partial charge on any atom is -0.354 e. The molecule has 3 fully saturated rings. The number of amides is 1. The van der Waals surface area contributed by atoms with E-state index in [1.807, 2.05) is 0 Å². The smallest absolute Gasteiger partial charge is 0.225 e. The molecule has 1 aliphatic carbocycles. The molecular formula is C25H34ClFN4O4. The second-order valence-corrected chi connectivity index (χ2v) is 10.3. The molecule has 10 heteroatoms. The van der Waals surface area contributed by atoms with Gasteiger partial charge in [-0.05, 0) is 57.1 Å². The van der Waals surface area contributed by atoms with E-state index in [1.54, 1.807) is 6.07 Å². The SMILES string of the molecule is O=C(CC1OCCCO1)N[C@H]1CC[C@H](CCN2CCN(c3noc4cc(F)c(Cl)cc34)CC2)CC1. The number of hydrogen-bond acceptors (Lipinski definition) is 7. The zero-order valence-corrected chi connectivity index (χ0v) is 20.8. The summed E-state index contributed by atoms with van der Waals surface area (Å²) in [7, 11) is 0. The Kier molecular flexibility index (Phi) is 8.07. The summed E-state index contributed by atoms with van der Waals surface area (Å²) in [6, 6.07) is 3.16. The lowest BCUT2D eigenvalue weighted by molar-refractivity contribution is -0.184. The number of piperazine rings is 1. The Morgan fingerprint density at radius 2 is 1.86 bits per heavy atom. The quantitative estimate of drug-likeness (QED) is 0.606. The summed E-state index contributed by atoms with van der Waals surface area (Å²) >= 11 is 5.97. The summed E-state index contributed by atoms with van der Waals surface area (Å²) < 4.78 is 30.0. The molecule has 2 aromatic rings. The van der Waals surface area contributed by atoms with Gasteiger partial charge in [0, 0.05) is 38.3 Å². The molecule has 1 saturated carbocycles. The van der Waals surface area contributed by atoms with E-state index in [1.165, 1.54) is 12.5 Å². The molecule has 1 aromatic heterocycles. The lowest BCUT2D eigenvalue weighted by atomic mass is 9.84. The van der Waals surface area contributed by atoms with Crippen LogP contribution in [-0.4, -0.2) is 74.2 Å². The van der Waals surface area contributed by atoms with Crippen LogP contribution in [0.25, 0.3) is 11.0 Å². The van der Waals surface area contributed by atoms with Gasteiger partial charge in [-0.3, -0.25) is 9.69 Å². The van der Waals surface area contributed by atoms with Crippen molar-refractivity contribution in [3.8, 4) is 0 Å². The van der Waals surface area contributed by atoms with Gasteiger partial charge in [0.1, 0.15) is 5.82 Å². The summed E-state index contributed by atoms with van der Waals surface area (Å²) in [6.07, 6.45) is 6.38. The molecule has 2 aliphatic heterocycles. The number of anilines is 1. The Labute approximate surface area is 210 Å². The fourth-order valence-corrected chi connectivity index (χ4v) is 5.55. The summed E-state index contributed by atoms with van der Waals surface area (Å²) in [5.41, 5.74) is 0.423. The zero-order valence-electron chi connectivity index (χ0n) is 20.0. The number of rotatable bonds is 7. The first kappa shape index (κ1) is 24.7. The molecule has 2 saturated heterocycles. The number of benzene rings is 1. The van der Waals surface area contributed by atoms with Crippen molar-refractivity contribution in [2.45, 2.75) is 57.3 Å². The van der Waals surface area contributed by atoms with Gasteiger partial charge in [-0.25, -0.2) is 4.39 Å². The van der Waals surface area contributed by atoms with Crippen LogP contribution in [0.2, 0.25) is 5.02 Å². The minimum absolute atomic E-state index is 0.0329. The molecule has 0 radical (unpaired) electrons. The van der Waals surface area contributed by atoms with Crippen LogP contribution in [0, 0.1) is 11.7 Å². The third-order valence-electron chi connectivity index (χ3n) is 7.48. The molecule has 1 aromatic carbocycles. The summed E-state index contributed by atoms with van der Waals surface area (Å²) in [4.78, 5) is 17.0. The van der Waals surface area contributed by atoms with Crippen molar-refractivity contribution in [3.05, 3.63) is 23.0 Å². The van der Waals surface area contributed by atoms with Crippen LogP contribution in [-0.2, 0) is 14.3 Å². The van der Waals surface area contributed by atoms with Gasteiger partial charge < -0.3 is 24.2 Å². The number of aromatic nitrogens is 1. The van der Waals surface area contributed by atoms with Gasteiger partial charge in [-0.15, -0.1) is 0 Å². The lowest BCUT2D eigenvalue weighted by Crippen LogP contribution is -2.47. The zero-order chi connectivity index (χ0) is 24.2. The van der Waals surface area contributed by atoms with E-state index in [0.717, 1.165) is 76.0 Å². The number of nitrogens with one attached hydrogen (secondary N) is 1. The summed E-state index contributed by atoms with van der Waals surface area (Å²) in [5, 5.41) is 8.18. The van der Waals surface area contributed by atoms with Gasteiger partial charge in [-0.2, -0.15) is 0 Å². The predicted octanol–water partition coefficient (Wildman–Crippen LogP) is 3.96. The average Bonchev–Trinajstić information content (AvgIpc) is 3.27. The largest absolute Gasteiger partial charge is 0.354 e. The third kappa shape index (κ3) is 6.25. The molecular weight excluding hydrogens is 475 g/mol. The number of fused-ring (bicyclic) bond motifs is 1. The van der Waals surface area contributed by atoms with Crippen molar-refractivity contribution in [3.63, 3.8) is 0 Å². The van der Waals surface area contributed by atoms with E-state index in [0.29, 0.717) is 31.1 Å². The van der Waals surface area contributed by atoms with Crippen LogP contribution >= 0.6 is 11.6 Å². The van der Waals surface area contributed by atoms with Crippen molar-refractivity contribution in [1.82, 2.24) is 15.4 Å². The maximum atomic E-state index is 13.7. The molecule has 3 aliphatic rings. The second kappa shape index (κ2) is 11.4. The molecule has 8 nitrogen and oxygen atoms in total. The van der Waals surface area contributed by atoms with E-state index >= 15 is 0 Å². The summed E-state index contributed by atoms with van der Waals surface area (Å²) in [5.74, 6) is 0.989. The van der Waals surface area contributed by atoms with Gasteiger partial charge in [0.25, 0.3) is 0 Å². The number of carbonyl (C=O) groups is 1. The second-order valence-electron chi connectivity index (χ2n) is 9.90. The van der Waals surface area contributed by atoms with E-state index in [4.69, 9.17) is 25.6 Å². The van der Waals surface area contributed by atoms with Crippen LogP contribution in [0.4, 0.5) is 10.2 Å². The predicted molar refractivity (Wildman–Crippen MR) is 131 cm³/mol. The number of hydrogen-bond donors (Lipinski definition) is 1. The van der Waals surface area contributed by atoms with Gasteiger partial charge in [0.2, 0.25) is 5.91 Å². The number of nitrogens with zero attached hydrogens (tertiary/aromatic N) is 3. The number of halogens is 2. The van der Waals surface area contributed by atoms with Gasteiger partial charge in [0.05, 0.1) is 30.0 Å². The van der Waals surface area contributed by atoms with E-state index < -0.39 is 5.82 Å². The molecule has 0 unspecified atom stereocenters. The van der Waals surface area contributed by atoms with Crippen LogP contribution in [0.3, 0.4) is 0 Å². The van der Waals surface area contributed by atoms with Crippen molar-refractivity contribution in [2.75, 3.05) is 50.8 Å². The Morgan fingerprint density at radius 3 is 2.60 bits per heavy atom. The highest BCUT2D eigenvalue weighted by molar-refractivity contribution is 6.31. The monoisotopic (exact) mass is 508 g/mol. The first-order valence-electron chi connectivity index (χ1n) is 12.8. The van der Waals surface area contributed by atoms with Crippen molar-refractivity contribution in [2.24, 2.45) is 5.92 Å². The highest BCUT2D eigenvalue weighted by Gasteiger charge is 2.26. The van der Waals surface area contributed by atoms with Crippen LogP contribution in [0.15, 0.2) is 16.7 Å².